The average Bonchev–Trinajstić information content (AvgIpc) is 2.30. The molecule has 0 saturated carbocycles. The van der Waals surface area contributed by atoms with Crippen LogP contribution in [0.3, 0.4) is 0 Å². The van der Waals surface area contributed by atoms with Crippen LogP contribution in [0.5, 0.6) is 0 Å². The van der Waals surface area contributed by atoms with Crippen molar-refractivity contribution in [3.8, 4) is 0 Å². The van der Waals surface area contributed by atoms with Crippen LogP contribution < -0.4 is 5.73 Å². The molecule has 1 aromatic rings. The van der Waals surface area contributed by atoms with Crippen molar-refractivity contribution in [2.75, 3.05) is 19.8 Å². The summed E-state index contributed by atoms with van der Waals surface area (Å²) >= 11 is 0. The van der Waals surface area contributed by atoms with E-state index in [0.717, 1.165) is 12.8 Å². The third-order valence-electron chi connectivity index (χ3n) is 2.45. The summed E-state index contributed by atoms with van der Waals surface area (Å²) in [6, 6.07) is 10.3. The van der Waals surface area contributed by atoms with Crippen molar-refractivity contribution in [3.63, 3.8) is 0 Å². The second-order valence-electron chi connectivity index (χ2n) is 4.34. The number of hydrogen-bond acceptors (Lipinski definition) is 3. The first-order valence-corrected chi connectivity index (χ1v) is 5.68. The van der Waals surface area contributed by atoms with E-state index in [1.54, 1.807) is 6.92 Å². The Balaban J connectivity index is 2.09. The minimum Gasteiger partial charge on any atom is -0.386 e. The molecule has 0 radical (unpaired) electrons. The van der Waals surface area contributed by atoms with Crippen LogP contribution in [0.4, 0.5) is 0 Å². The molecule has 1 rings (SSSR count). The molecule has 0 aliphatic heterocycles. The second-order valence-corrected chi connectivity index (χ2v) is 4.34. The maximum Gasteiger partial charge on any atom is 0.0973 e. The summed E-state index contributed by atoms with van der Waals surface area (Å²) in [5.41, 5.74) is 5.80. The van der Waals surface area contributed by atoms with Crippen LogP contribution in [0.25, 0.3) is 0 Å². The van der Waals surface area contributed by atoms with Gasteiger partial charge in [-0.25, -0.2) is 0 Å². The Bertz CT molecular complexity index is 285. The molecule has 0 amide bonds. The lowest BCUT2D eigenvalue weighted by atomic mass is 10.1. The fourth-order valence-electron chi connectivity index (χ4n) is 1.37. The lowest BCUT2D eigenvalue weighted by Gasteiger charge is -2.20. The van der Waals surface area contributed by atoms with Gasteiger partial charge in [-0.3, -0.25) is 0 Å². The van der Waals surface area contributed by atoms with Gasteiger partial charge in [0.05, 0.1) is 12.2 Å². The van der Waals surface area contributed by atoms with E-state index in [1.165, 1.54) is 5.56 Å². The Morgan fingerprint density at radius 3 is 2.62 bits per heavy atom. The van der Waals surface area contributed by atoms with Crippen LogP contribution in [-0.2, 0) is 11.2 Å². The zero-order chi connectivity index (χ0) is 11.9. The number of aliphatic hydroxyl groups is 1. The number of nitrogens with two attached hydrogens (primary N) is 1. The first-order chi connectivity index (χ1) is 7.64. The van der Waals surface area contributed by atoms with Gasteiger partial charge in [-0.05, 0) is 25.3 Å². The van der Waals surface area contributed by atoms with Gasteiger partial charge >= 0.3 is 0 Å². The predicted molar refractivity (Wildman–Crippen MR) is 65.3 cm³/mol. The van der Waals surface area contributed by atoms with Crippen molar-refractivity contribution >= 4 is 0 Å². The fourth-order valence-corrected chi connectivity index (χ4v) is 1.37. The highest BCUT2D eigenvalue weighted by molar-refractivity contribution is 5.14. The van der Waals surface area contributed by atoms with E-state index in [0.29, 0.717) is 13.2 Å². The van der Waals surface area contributed by atoms with Crippen molar-refractivity contribution in [3.05, 3.63) is 35.9 Å². The smallest absolute Gasteiger partial charge is 0.0973 e. The summed E-state index contributed by atoms with van der Waals surface area (Å²) in [6.45, 7) is 2.87. The van der Waals surface area contributed by atoms with Gasteiger partial charge in [-0.15, -0.1) is 0 Å². The molecule has 3 N–H and O–H groups in total. The quantitative estimate of drug-likeness (QED) is 0.686. The average molecular weight is 223 g/mol. The fraction of sp³-hybridized carbons (Fsp3) is 0.538. The summed E-state index contributed by atoms with van der Waals surface area (Å²) in [6.07, 6.45) is 1.97. The molecule has 3 heteroatoms. The maximum absolute atomic E-state index is 9.59. The van der Waals surface area contributed by atoms with Gasteiger partial charge in [-0.2, -0.15) is 0 Å². The molecular weight excluding hydrogens is 202 g/mol. The summed E-state index contributed by atoms with van der Waals surface area (Å²) in [5, 5.41) is 9.59. The summed E-state index contributed by atoms with van der Waals surface area (Å²) in [7, 11) is 0. The van der Waals surface area contributed by atoms with Crippen LogP contribution in [0.1, 0.15) is 18.9 Å². The van der Waals surface area contributed by atoms with Crippen molar-refractivity contribution in [1.82, 2.24) is 0 Å². The maximum atomic E-state index is 9.59. The van der Waals surface area contributed by atoms with Gasteiger partial charge in [0, 0.05) is 13.2 Å². The number of rotatable bonds is 7. The Morgan fingerprint density at radius 1 is 1.31 bits per heavy atom. The second kappa shape index (κ2) is 6.63. The van der Waals surface area contributed by atoms with Crippen LogP contribution >= 0.6 is 0 Å². The summed E-state index contributed by atoms with van der Waals surface area (Å²) in [5.74, 6) is 0. The van der Waals surface area contributed by atoms with E-state index in [9.17, 15) is 5.11 Å². The molecule has 0 heterocycles. The normalized spacial score (nSPS) is 14.7. The lowest BCUT2D eigenvalue weighted by molar-refractivity contribution is -0.0275. The van der Waals surface area contributed by atoms with E-state index in [4.69, 9.17) is 10.5 Å². The molecule has 1 unspecified atom stereocenters. The molecule has 0 aliphatic rings. The highest BCUT2D eigenvalue weighted by Crippen LogP contribution is 2.04. The van der Waals surface area contributed by atoms with Gasteiger partial charge in [0.15, 0.2) is 0 Å². The molecule has 0 aromatic heterocycles. The zero-order valence-corrected chi connectivity index (χ0v) is 9.86. The van der Waals surface area contributed by atoms with Gasteiger partial charge < -0.3 is 15.6 Å². The highest BCUT2D eigenvalue weighted by atomic mass is 16.5. The monoisotopic (exact) mass is 223 g/mol. The Kier molecular flexibility index (Phi) is 5.46. The standard InChI is InChI=1S/C13H21NO2/c1-13(15,10-14)11-16-9-5-8-12-6-3-2-4-7-12/h2-4,6-7,15H,5,8-11,14H2,1H3. The van der Waals surface area contributed by atoms with Crippen molar-refractivity contribution in [1.29, 1.82) is 0 Å². The molecule has 0 bridgehead atoms. The summed E-state index contributed by atoms with van der Waals surface area (Å²) in [4.78, 5) is 0. The molecule has 0 aliphatic carbocycles. The molecule has 90 valence electrons. The highest BCUT2D eigenvalue weighted by Gasteiger charge is 2.17. The molecule has 1 aromatic carbocycles. The third kappa shape index (κ3) is 5.26. The predicted octanol–water partition coefficient (Wildman–Crippen LogP) is 1.35. The van der Waals surface area contributed by atoms with Gasteiger partial charge in [0.25, 0.3) is 0 Å². The molecular formula is C13H21NO2. The van der Waals surface area contributed by atoms with Crippen molar-refractivity contribution in [2.24, 2.45) is 5.73 Å². The van der Waals surface area contributed by atoms with Gasteiger partial charge in [0.2, 0.25) is 0 Å². The van der Waals surface area contributed by atoms with E-state index in [-0.39, 0.29) is 6.54 Å². The van der Waals surface area contributed by atoms with Crippen molar-refractivity contribution in [2.45, 2.75) is 25.4 Å². The lowest BCUT2D eigenvalue weighted by Crippen LogP contribution is -2.39. The first-order valence-electron chi connectivity index (χ1n) is 5.68. The van der Waals surface area contributed by atoms with Crippen LogP contribution in [-0.4, -0.2) is 30.5 Å². The number of ether oxygens (including phenoxy) is 1. The van der Waals surface area contributed by atoms with E-state index < -0.39 is 5.60 Å². The molecule has 0 spiro atoms. The van der Waals surface area contributed by atoms with Crippen molar-refractivity contribution < 1.29 is 9.84 Å². The number of hydrogen-bond donors (Lipinski definition) is 2. The Hall–Kier alpha value is -0.900. The number of aryl methyl sites for hydroxylation is 1. The molecule has 0 saturated heterocycles. The van der Waals surface area contributed by atoms with E-state index in [2.05, 4.69) is 12.1 Å². The molecule has 16 heavy (non-hydrogen) atoms. The topological polar surface area (TPSA) is 55.5 Å². The zero-order valence-electron chi connectivity index (χ0n) is 9.86. The summed E-state index contributed by atoms with van der Waals surface area (Å²) < 4.78 is 5.38. The van der Waals surface area contributed by atoms with E-state index in [1.807, 2.05) is 18.2 Å². The van der Waals surface area contributed by atoms with Gasteiger partial charge in [0.1, 0.15) is 0 Å². The third-order valence-corrected chi connectivity index (χ3v) is 2.45. The van der Waals surface area contributed by atoms with E-state index >= 15 is 0 Å². The molecule has 1 atom stereocenters. The molecule has 0 fully saturated rings. The number of benzene rings is 1. The first kappa shape index (κ1) is 13.2. The van der Waals surface area contributed by atoms with Crippen LogP contribution in [0, 0.1) is 0 Å². The Labute approximate surface area is 97.2 Å². The Morgan fingerprint density at radius 2 is 2.00 bits per heavy atom. The minimum atomic E-state index is -0.896. The van der Waals surface area contributed by atoms with Crippen LogP contribution in [0.15, 0.2) is 30.3 Å². The minimum absolute atomic E-state index is 0.228. The largest absolute Gasteiger partial charge is 0.386 e. The SMILES string of the molecule is CC(O)(CN)COCCCc1ccccc1. The van der Waals surface area contributed by atoms with Crippen LogP contribution in [0.2, 0.25) is 0 Å². The molecule has 3 nitrogen and oxygen atoms in total. The van der Waals surface area contributed by atoms with Gasteiger partial charge in [-0.1, -0.05) is 30.3 Å².